The highest BCUT2D eigenvalue weighted by Crippen LogP contribution is 2.45. The number of carbonyl (C=O) groups excluding carboxylic acids is 3. The van der Waals surface area contributed by atoms with Gasteiger partial charge in [-0.2, -0.15) is 5.26 Å². The number of nitrogens with zero attached hydrogens (tertiary/aromatic N) is 2. The number of hydrogen-bond donors (Lipinski definition) is 2. The smallest absolute Gasteiger partial charge is 0.355 e. The van der Waals surface area contributed by atoms with Crippen molar-refractivity contribution < 1.29 is 33.8 Å². The molecule has 1 aliphatic heterocycles. The summed E-state index contributed by atoms with van der Waals surface area (Å²) < 4.78 is 10.1. The Bertz CT molecular complexity index is 1640. The van der Waals surface area contributed by atoms with Crippen molar-refractivity contribution in [3.63, 3.8) is 0 Å². The van der Waals surface area contributed by atoms with Gasteiger partial charge in [-0.05, 0) is 17.2 Å². The van der Waals surface area contributed by atoms with E-state index in [1.54, 1.807) is 60.7 Å². The molecule has 3 aromatic carbocycles. The van der Waals surface area contributed by atoms with E-state index in [-0.39, 0.29) is 39.3 Å². The molecule has 0 saturated heterocycles. The van der Waals surface area contributed by atoms with Gasteiger partial charge < -0.3 is 20.3 Å². The van der Waals surface area contributed by atoms with Gasteiger partial charge in [-0.1, -0.05) is 72.8 Å². The van der Waals surface area contributed by atoms with Crippen LogP contribution in [0.5, 0.6) is 0 Å². The minimum atomic E-state index is -1.23. The van der Waals surface area contributed by atoms with Gasteiger partial charge in [0.2, 0.25) is 0 Å². The molecule has 0 aliphatic carbocycles. The second kappa shape index (κ2) is 12.0. The van der Waals surface area contributed by atoms with Gasteiger partial charge in [-0.3, -0.25) is 14.5 Å². The lowest BCUT2D eigenvalue weighted by molar-refractivity contribution is -0.139. The molecule has 0 bridgehead atoms. The molecule has 10 nitrogen and oxygen atoms in total. The highest BCUT2D eigenvalue weighted by Gasteiger charge is 2.44. The summed E-state index contributed by atoms with van der Waals surface area (Å²) in [4.78, 5) is 53.6. The Balaban J connectivity index is 2.15. The first-order valence-corrected chi connectivity index (χ1v) is 12.3. The molecule has 0 aromatic heterocycles. The van der Waals surface area contributed by atoms with Crippen LogP contribution in [0.25, 0.3) is 0 Å². The van der Waals surface area contributed by atoms with E-state index in [1.165, 1.54) is 18.2 Å². The number of allylic oxidation sites excluding steroid dienone is 1. The number of methoxy groups -OCH3 is 2. The van der Waals surface area contributed by atoms with Crippen molar-refractivity contribution in [2.75, 3.05) is 19.1 Å². The zero-order chi connectivity index (χ0) is 29.7. The minimum absolute atomic E-state index is 0.0148. The predicted molar refractivity (Wildman–Crippen MR) is 147 cm³/mol. The van der Waals surface area contributed by atoms with Crippen LogP contribution in [-0.2, 0) is 30.3 Å². The first-order chi connectivity index (χ1) is 19.7. The standard InChI is InChI=1S/C31H25N3O7/c1-40-30(38)25-24(18-10-5-3-6-11-18)22(17-32)29(33)34(27(25)31(39)41-2)26-20(16-23(35)36)14-9-15-21(26)28(37)19-12-7-4-8-13-19/h3-15,24H,16,33H2,1-2H3,(H,35,36). The lowest BCUT2D eigenvalue weighted by atomic mass is 9.80. The lowest BCUT2D eigenvalue weighted by Crippen LogP contribution is -2.42. The number of ether oxygens (including phenoxy) is 2. The number of carboxylic acids is 1. The lowest BCUT2D eigenvalue weighted by Gasteiger charge is -2.37. The molecule has 1 heterocycles. The van der Waals surface area contributed by atoms with Crippen molar-refractivity contribution in [3.8, 4) is 6.07 Å². The molecule has 0 radical (unpaired) electrons. The summed E-state index contributed by atoms with van der Waals surface area (Å²) in [5, 5.41) is 20.0. The van der Waals surface area contributed by atoms with Gasteiger partial charge in [0.15, 0.2) is 5.78 Å². The van der Waals surface area contributed by atoms with Crippen LogP contribution in [0, 0.1) is 11.3 Å². The molecular weight excluding hydrogens is 526 g/mol. The minimum Gasteiger partial charge on any atom is -0.481 e. The summed E-state index contributed by atoms with van der Waals surface area (Å²) in [6.45, 7) is 0. The molecule has 0 fully saturated rings. The van der Waals surface area contributed by atoms with Crippen LogP contribution in [0.3, 0.4) is 0 Å². The summed E-state index contributed by atoms with van der Waals surface area (Å²) in [7, 11) is 2.21. The zero-order valence-corrected chi connectivity index (χ0v) is 22.2. The number of benzene rings is 3. The van der Waals surface area contributed by atoms with Gasteiger partial charge in [-0.15, -0.1) is 0 Å². The number of esters is 2. The molecular formula is C31H25N3O7. The van der Waals surface area contributed by atoms with E-state index >= 15 is 0 Å². The maximum Gasteiger partial charge on any atom is 0.355 e. The number of ketones is 1. The first-order valence-electron chi connectivity index (χ1n) is 12.3. The van der Waals surface area contributed by atoms with Gasteiger partial charge in [0.05, 0.1) is 49.5 Å². The molecule has 4 rings (SSSR count). The molecule has 1 atom stereocenters. The van der Waals surface area contributed by atoms with Crippen LogP contribution in [-0.4, -0.2) is 43.0 Å². The van der Waals surface area contributed by atoms with Crippen LogP contribution in [0.1, 0.15) is 33.0 Å². The number of nitrogens with two attached hydrogens (primary N) is 1. The summed E-state index contributed by atoms with van der Waals surface area (Å²) in [6, 6.07) is 23.1. The Labute approximate surface area is 235 Å². The van der Waals surface area contributed by atoms with E-state index < -0.39 is 41.7 Å². The SMILES string of the molecule is COC(=O)C1=C(C(=O)OC)N(c2c(CC(=O)O)cccc2C(=O)c2ccccc2)C(N)=C(C#N)C1c1ccccc1. The van der Waals surface area contributed by atoms with Crippen molar-refractivity contribution in [3.05, 3.63) is 124 Å². The normalized spacial score (nSPS) is 14.8. The Morgan fingerprint density at radius 2 is 1.51 bits per heavy atom. The molecule has 3 N–H and O–H groups in total. The average molecular weight is 552 g/mol. The summed E-state index contributed by atoms with van der Waals surface area (Å²) in [5.41, 5.74) is 6.57. The predicted octanol–water partition coefficient (Wildman–Crippen LogP) is 3.44. The highest BCUT2D eigenvalue weighted by molar-refractivity contribution is 6.15. The van der Waals surface area contributed by atoms with Gasteiger partial charge in [0.1, 0.15) is 11.5 Å². The fourth-order valence-electron chi connectivity index (χ4n) is 4.83. The number of carboxylic acid groups (broad SMARTS) is 1. The van der Waals surface area contributed by atoms with E-state index in [1.807, 2.05) is 6.07 Å². The number of para-hydroxylation sites is 1. The van der Waals surface area contributed by atoms with E-state index in [0.717, 1.165) is 19.1 Å². The van der Waals surface area contributed by atoms with E-state index in [2.05, 4.69) is 0 Å². The van der Waals surface area contributed by atoms with E-state index in [0.29, 0.717) is 5.56 Å². The number of hydrogen-bond acceptors (Lipinski definition) is 9. The van der Waals surface area contributed by atoms with Crippen LogP contribution in [0.2, 0.25) is 0 Å². The number of rotatable bonds is 8. The Morgan fingerprint density at radius 1 is 0.902 bits per heavy atom. The Morgan fingerprint density at radius 3 is 2.07 bits per heavy atom. The third-order valence-corrected chi connectivity index (χ3v) is 6.58. The Hall–Kier alpha value is -5.69. The molecule has 0 saturated carbocycles. The van der Waals surface area contributed by atoms with Crippen molar-refractivity contribution in [1.82, 2.24) is 0 Å². The topological polar surface area (TPSA) is 160 Å². The van der Waals surface area contributed by atoms with Crippen LogP contribution in [0.15, 0.2) is 102 Å². The van der Waals surface area contributed by atoms with Gasteiger partial charge >= 0.3 is 17.9 Å². The van der Waals surface area contributed by atoms with Crippen molar-refractivity contribution in [2.24, 2.45) is 5.73 Å². The molecule has 1 aliphatic rings. The number of carbonyl (C=O) groups is 4. The third kappa shape index (κ3) is 5.29. The van der Waals surface area contributed by atoms with Crippen molar-refractivity contribution in [2.45, 2.75) is 12.3 Å². The summed E-state index contributed by atoms with van der Waals surface area (Å²) in [6.07, 6.45) is -0.568. The molecule has 0 amide bonds. The van der Waals surface area contributed by atoms with Crippen LogP contribution in [0.4, 0.5) is 5.69 Å². The first kappa shape index (κ1) is 28.3. The quantitative estimate of drug-likeness (QED) is 0.313. The molecule has 3 aromatic rings. The second-order valence-electron chi connectivity index (χ2n) is 8.91. The largest absolute Gasteiger partial charge is 0.481 e. The number of aliphatic carboxylic acids is 1. The van der Waals surface area contributed by atoms with Gasteiger partial charge in [-0.25, -0.2) is 9.59 Å². The maximum absolute atomic E-state index is 13.8. The van der Waals surface area contributed by atoms with Crippen LogP contribution >= 0.6 is 0 Å². The van der Waals surface area contributed by atoms with Gasteiger partial charge in [0, 0.05) is 11.1 Å². The van der Waals surface area contributed by atoms with E-state index in [9.17, 15) is 29.5 Å². The molecule has 1 unspecified atom stereocenters. The average Bonchev–Trinajstić information content (AvgIpc) is 3.00. The third-order valence-electron chi connectivity index (χ3n) is 6.58. The second-order valence-corrected chi connectivity index (χ2v) is 8.91. The summed E-state index contributed by atoms with van der Waals surface area (Å²) >= 11 is 0. The van der Waals surface area contributed by atoms with E-state index in [4.69, 9.17) is 15.2 Å². The van der Waals surface area contributed by atoms with Crippen molar-refractivity contribution >= 4 is 29.4 Å². The fraction of sp³-hybridized carbons (Fsp3) is 0.129. The monoisotopic (exact) mass is 551 g/mol. The highest BCUT2D eigenvalue weighted by atomic mass is 16.5. The summed E-state index contributed by atoms with van der Waals surface area (Å²) in [5.74, 6) is -5.11. The molecule has 206 valence electrons. The zero-order valence-electron chi connectivity index (χ0n) is 22.2. The Kier molecular flexibility index (Phi) is 8.29. The van der Waals surface area contributed by atoms with Gasteiger partial charge in [0.25, 0.3) is 0 Å². The fourth-order valence-corrected chi connectivity index (χ4v) is 4.83. The number of anilines is 1. The molecule has 0 spiro atoms. The van der Waals surface area contributed by atoms with Crippen LogP contribution < -0.4 is 10.6 Å². The maximum atomic E-state index is 13.8. The number of nitriles is 1. The van der Waals surface area contributed by atoms with Crippen molar-refractivity contribution in [1.29, 1.82) is 5.26 Å². The molecule has 41 heavy (non-hydrogen) atoms. The molecule has 10 heteroatoms.